The molecule has 1 N–H and O–H groups in total. The predicted octanol–water partition coefficient (Wildman–Crippen LogP) is 2.20. The van der Waals surface area contributed by atoms with Gasteiger partial charge >= 0.3 is 0 Å². The van der Waals surface area contributed by atoms with E-state index in [4.69, 9.17) is 0 Å². The van der Waals surface area contributed by atoms with Crippen LogP contribution in [0.1, 0.15) is 19.8 Å². The highest BCUT2D eigenvalue weighted by molar-refractivity contribution is 5.90. The first-order valence-corrected chi connectivity index (χ1v) is 6.18. The lowest BCUT2D eigenvalue weighted by Crippen LogP contribution is -2.14. The molecule has 0 bridgehead atoms. The summed E-state index contributed by atoms with van der Waals surface area (Å²) in [6, 6.07) is 6.89. The number of nitrogens with one attached hydrogen (secondary N) is 1. The van der Waals surface area contributed by atoms with Crippen molar-refractivity contribution in [3.63, 3.8) is 0 Å². The van der Waals surface area contributed by atoms with E-state index in [2.05, 4.69) is 28.5 Å². The van der Waals surface area contributed by atoms with Gasteiger partial charge in [-0.3, -0.25) is 14.6 Å². The van der Waals surface area contributed by atoms with E-state index in [9.17, 15) is 4.79 Å². The van der Waals surface area contributed by atoms with Crippen LogP contribution in [0.2, 0.25) is 0 Å². The molecule has 2 heterocycles. The fourth-order valence-electron chi connectivity index (χ4n) is 2.09. The highest BCUT2D eigenvalue weighted by Crippen LogP contribution is 2.15. The number of hydrogen-bond donors (Lipinski definition) is 1. The molecule has 0 saturated carbocycles. The molecule has 0 radical (unpaired) electrons. The van der Waals surface area contributed by atoms with Gasteiger partial charge in [0.15, 0.2) is 5.82 Å². The summed E-state index contributed by atoms with van der Waals surface area (Å²) in [5.74, 6) is 0.480. The van der Waals surface area contributed by atoms with Crippen LogP contribution in [0, 0.1) is 0 Å². The molecule has 2 aromatic heterocycles. The zero-order chi connectivity index (χ0) is 13.2. The van der Waals surface area contributed by atoms with Gasteiger partial charge in [0, 0.05) is 30.8 Å². The highest BCUT2D eigenvalue weighted by atomic mass is 16.1. The largest absolute Gasteiger partial charge is 0.269 e. The van der Waals surface area contributed by atoms with E-state index >= 15 is 0 Å². The van der Waals surface area contributed by atoms with Gasteiger partial charge in [0.1, 0.15) is 5.65 Å². The van der Waals surface area contributed by atoms with E-state index in [1.807, 2.05) is 6.07 Å². The Morgan fingerprint density at radius 2 is 2.32 bits per heavy atom. The Hall–Kier alpha value is -2.43. The number of hydrogen-bond acceptors (Lipinski definition) is 4. The second-order valence-electron chi connectivity index (χ2n) is 4.63. The van der Waals surface area contributed by atoms with Crippen molar-refractivity contribution in [1.82, 2.24) is 9.38 Å². The molecule has 1 aliphatic carbocycles. The van der Waals surface area contributed by atoms with Crippen LogP contribution < -0.4 is 11.0 Å². The van der Waals surface area contributed by atoms with Gasteiger partial charge in [-0.15, -0.1) is 0 Å². The fourth-order valence-corrected chi connectivity index (χ4v) is 2.09. The summed E-state index contributed by atoms with van der Waals surface area (Å²) in [5.41, 5.74) is 5.75. The summed E-state index contributed by atoms with van der Waals surface area (Å²) in [5, 5.41) is 4.30. The van der Waals surface area contributed by atoms with Gasteiger partial charge in [-0.05, 0) is 19.1 Å². The smallest absolute Gasteiger partial charge is 0.260 e. The van der Waals surface area contributed by atoms with Gasteiger partial charge < -0.3 is 0 Å². The van der Waals surface area contributed by atoms with Crippen molar-refractivity contribution in [3.05, 3.63) is 52.5 Å². The van der Waals surface area contributed by atoms with E-state index in [0.29, 0.717) is 11.5 Å². The number of anilines is 1. The molecular weight excluding hydrogens is 240 g/mol. The summed E-state index contributed by atoms with van der Waals surface area (Å²) in [6.07, 6.45) is 5.61. The van der Waals surface area contributed by atoms with E-state index in [1.54, 1.807) is 18.3 Å². The molecule has 3 rings (SSSR count). The lowest BCUT2D eigenvalue weighted by atomic mass is 10.2. The maximum Gasteiger partial charge on any atom is 0.260 e. The molecule has 0 fully saturated rings. The summed E-state index contributed by atoms with van der Waals surface area (Å²) < 4.78 is 1.50. The summed E-state index contributed by atoms with van der Waals surface area (Å²) in [7, 11) is 0. The molecule has 5 heteroatoms. The maximum atomic E-state index is 11.9. The molecule has 0 unspecified atom stereocenters. The number of fused-ring (bicyclic) bond motifs is 1. The van der Waals surface area contributed by atoms with Crippen LogP contribution in [0.15, 0.2) is 52.0 Å². The second kappa shape index (κ2) is 4.68. The molecule has 0 aliphatic heterocycles. The Balaban J connectivity index is 1.88. The van der Waals surface area contributed by atoms with E-state index in [-0.39, 0.29) is 5.56 Å². The number of allylic oxidation sites excluding steroid dienone is 2. The van der Waals surface area contributed by atoms with Crippen molar-refractivity contribution in [2.24, 2.45) is 5.10 Å². The average Bonchev–Trinajstić information content (AvgIpc) is 2.82. The normalized spacial score (nSPS) is 16.9. The molecule has 96 valence electrons. The molecule has 0 atom stereocenters. The lowest BCUT2D eigenvalue weighted by Gasteiger charge is -2.04. The Labute approximate surface area is 110 Å². The van der Waals surface area contributed by atoms with E-state index in [1.165, 1.54) is 16.0 Å². The van der Waals surface area contributed by atoms with E-state index < -0.39 is 0 Å². The van der Waals surface area contributed by atoms with Gasteiger partial charge in [-0.1, -0.05) is 17.7 Å². The summed E-state index contributed by atoms with van der Waals surface area (Å²) in [4.78, 5) is 16.2. The van der Waals surface area contributed by atoms with Gasteiger partial charge in [-0.25, -0.2) is 4.98 Å². The molecule has 1 aliphatic rings. The Morgan fingerprint density at radius 3 is 3.11 bits per heavy atom. The molecule has 0 saturated heterocycles. The molecule has 2 aromatic rings. The van der Waals surface area contributed by atoms with Crippen LogP contribution in [-0.4, -0.2) is 15.1 Å². The van der Waals surface area contributed by atoms with Gasteiger partial charge in [0.2, 0.25) is 0 Å². The third kappa shape index (κ3) is 2.40. The van der Waals surface area contributed by atoms with E-state index in [0.717, 1.165) is 18.6 Å². The third-order valence-electron chi connectivity index (χ3n) is 3.07. The van der Waals surface area contributed by atoms with Crippen molar-refractivity contribution in [3.8, 4) is 0 Å². The van der Waals surface area contributed by atoms with Crippen molar-refractivity contribution < 1.29 is 0 Å². The minimum absolute atomic E-state index is 0.117. The topological polar surface area (TPSA) is 58.8 Å². The molecule has 0 aromatic carbocycles. The zero-order valence-corrected chi connectivity index (χ0v) is 10.6. The molecule has 0 amide bonds. The van der Waals surface area contributed by atoms with Crippen molar-refractivity contribution in [2.45, 2.75) is 19.8 Å². The number of hydrazone groups is 1. The van der Waals surface area contributed by atoms with Gasteiger partial charge in [-0.2, -0.15) is 5.10 Å². The first kappa shape index (κ1) is 11.6. The first-order valence-electron chi connectivity index (χ1n) is 6.18. The minimum atomic E-state index is -0.117. The summed E-state index contributed by atoms with van der Waals surface area (Å²) >= 11 is 0. The molecular formula is C14H14N4O. The van der Waals surface area contributed by atoms with Gasteiger partial charge in [0.25, 0.3) is 5.56 Å². The van der Waals surface area contributed by atoms with Crippen LogP contribution in [0.4, 0.5) is 5.82 Å². The number of pyridine rings is 1. The minimum Gasteiger partial charge on any atom is -0.269 e. The standard InChI is InChI=1S/C14H14N4O/c1-10-5-6-11(8-10)16-17-12-9-14(19)18-7-3-2-4-13(18)15-12/h2-5,7,9,17H,6,8H2,1H3/b16-11-. The monoisotopic (exact) mass is 254 g/mol. The molecule has 19 heavy (non-hydrogen) atoms. The average molecular weight is 254 g/mol. The molecule has 0 spiro atoms. The Kier molecular flexibility index (Phi) is 2.87. The predicted molar refractivity (Wildman–Crippen MR) is 75.5 cm³/mol. The third-order valence-corrected chi connectivity index (χ3v) is 3.07. The van der Waals surface area contributed by atoms with Crippen molar-refractivity contribution in [1.29, 1.82) is 0 Å². The zero-order valence-electron chi connectivity index (χ0n) is 10.6. The quantitative estimate of drug-likeness (QED) is 0.660. The van der Waals surface area contributed by atoms with Crippen LogP contribution in [0.3, 0.4) is 0 Å². The summed E-state index contributed by atoms with van der Waals surface area (Å²) in [6.45, 7) is 2.09. The van der Waals surface area contributed by atoms with Crippen LogP contribution in [-0.2, 0) is 0 Å². The first-order chi connectivity index (χ1) is 9.22. The van der Waals surface area contributed by atoms with Crippen molar-refractivity contribution >= 4 is 17.2 Å². The van der Waals surface area contributed by atoms with Crippen molar-refractivity contribution in [2.75, 3.05) is 5.43 Å². The Morgan fingerprint density at radius 1 is 1.42 bits per heavy atom. The lowest BCUT2D eigenvalue weighted by molar-refractivity contribution is 1.04. The SMILES string of the molecule is CC1=CC/C(=N/Nc2cc(=O)n3ccccc3n2)C1. The maximum absolute atomic E-state index is 11.9. The van der Waals surface area contributed by atoms with Crippen LogP contribution in [0.25, 0.3) is 5.65 Å². The number of nitrogens with zero attached hydrogens (tertiary/aromatic N) is 3. The second-order valence-corrected chi connectivity index (χ2v) is 4.63. The highest BCUT2D eigenvalue weighted by Gasteiger charge is 2.07. The molecule has 5 nitrogen and oxygen atoms in total. The van der Waals surface area contributed by atoms with Gasteiger partial charge in [0.05, 0.1) is 0 Å². The fraction of sp³-hybridized carbons (Fsp3) is 0.214. The van der Waals surface area contributed by atoms with Crippen LogP contribution in [0.5, 0.6) is 0 Å². The number of rotatable bonds is 2. The Bertz CT molecular complexity index is 742. The number of aromatic nitrogens is 2. The van der Waals surface area contributed by atoms with Crippen LogP contribution >= 0.6 is 0 Å².